The summed E-state index contributed by atoms with van der Waals surface area (Å²) < 4.78 is 11.4. The maximum Gasteiger partial charge on any atom is 0.119 e. The largest absolute Gasteiger partial charge is 0.492 e. The first-order valence-corrected chi connectivity index (χ1v) is 9.02. The predicted octanol–water partition coefficient (Wildman–Crippen LogP) is 3.83. The molecular weight excluding hydrogens is 298 g/mol. The van der Waals surface area contributed by atoms with Crippen LogP contribution < -0.4 is 4.74 Å². The second kappa shape index (κ2) is 7.37. The van der Waals surface area contributed by atoms with E-state index < -0.39 is 0 Å². The van der Waals surface area contributed by atoms with Crippen LogP contribution in [0.15, 0.2) is 53.6 Å². The molecule has 3 heteroatoms. The molecule has 1 heterocycles. The summed E-state index contributed by atoms with van der Waals surface area (Å²) in [4.78, 5) is 2.40. The molecule has 0 spiro atoms. The molecule has 1 aromatic carbocycles. The summed E-state index contributed by atoms with van der Waals surface area (Å²) >= 11 is 0. The lowest BCUT2D eigenvalue weighted by atomic mass is 9.92. The van der Waals surface area contributed by atoms with E-state index in [1.54, 1.807) is 0 Å². The van der Waals surface area contributed by atoms with Gasteiger partial charge in [-0.25, -0.2) is 0 Å². The van der Waals surface area contributed by atoms with Gasteiger partial charge in [0.1, 0.15) is 12.4 Å². The quantitative estimate of drug-likeness (QED) is 0.822. The lowest BCUT2D eigenvalue weighted by Gasteiger charge is -2.26. The summed E-state index contributed by atoms with van der Waals surface area (Å²) in [6, 6.07) is 8.57. The number of hydrogen-bond acceptors (Lipinski definition) is 3. The van der Waals surface area contributed by atoms with Crippen LogP contribution in [-0.4, -0.2) is 44.4 Å². The minimum atomic E-state index is 0.735. The van der Waals surface area contributed by atoms with Crippen molar-refractivity contribution in [2.24, 2.45) is 0 Å². The van der Waals surface area contributed by atoms with Gasteiger partial charge in [-0.05, 0) is 53.7 Å². The highest BCUT2D eigenvalue weighted by Crippen LogP contribution is 2.39. The van der Waals surface area contributed by atoms with Crippen molar-refractivity contribution < 1.29 is 9.47 Å². The minimum absolute atomic E-state index is 0.735. The summed E-state index contributed by atoms with van der Waals surface area (Å²) in [5.74, 6) is 0.974. The van der Waals surface area contributed by atoms with Crippen LogP contribution in [0, 0.1) is 0 Å². The number of rotatable bonds is 5. The zero-order valence-corrected chi connectivity index (χ0v) is 14.2. The average molecular weight is 323 g/mol. The van der Waals surface area contributed by atoms with E-state index in [0.29, 0.717) is 0 Å². The second-order valence-electron chi connectivity index (χ2n) is 6.60. The fourth-order valence-corrected chi connectivity index (χ4v) is 3.71. The normalized spacial score (nSPS) is 20.9. The first-order chi connectivity index (χ1) is 11.9. The van der Waals surface area contributed by atoms with Gasteiger partial charge in [-0.2, -0.15) is 0 Å². The van der Waals surface area contributed by atoms with Gasteiger partial charge in [0.25, 0.3) is 0 Å². The average Bonchev–Trinajstić information content (AvgIpc) is 3.07. The maximum atomic E-state index is 6.01. The van der Waals surface area contributed by atoms with Crippen molar-refractivity contribution in [1.82, 2.24) is 4.90 Å². The Balaban J connectivity index is 1.39. The minimum Gasteiger partial charge on any atom is -0.492 e. The zero-order chi connectivity index (χ0) is 16.2. The van der Waals surface area contributed by atoms with E-state index in [1.165, 1.54) is 28.7 Å². The van der Waals surface area contributed by atoms with Crippen LogP contribution in [-0.2, 0) is 4.74 Å². The molecule has 1 aliphatic heterocycles. The van der Waals surface area contributed by atoms with Crippen LogP contribution in [0.1, 0.15) is 24.8 Å². The van der Waals surface area contributed by atoms with E-state index in [1.807, 2.05) is 0 Å². The Bertz CT molecular complexity index is 681. The van der Waals surface area contributed by atoms with Gasteiger partial charge < -0.3 is 9.47 Å². The highest BCUT2D eigenvalue weighted by molar-refractivity contribution is 5.84. The van der Waals surface area contributed by atoms with E-state index in [0.717, 1.165) is 58.0 Å². The third kappa shape index (κ3) is 3.47. The van der Waals surface area contributed by atoms with Crippen LogP contribution in [0.5, 0.6) is 5.75 Å². The van der Waals surface area contributed by atoms with E-state index in [-0.39, 0.29) is 0 Å². The van der Waals surface area contributed by atoms with Gasteiger partial charge in [0, 0.05) is 19.6 Å². The van der Waals surface area contributed by atoms with Gasteiger partial charge in [-0.15, -0.1) is 0 Å². The molecule has 0 atom stereocenters. The summed E-state index contributed by atoms with van der Waals surface area (Å²) in [6.07, 6.45) is 10.4. The molecule has 0 amide bonds. The molecule has 3 aliphatic rings. The van der Waals surface area contributed by atoms with Gasteiger partial charge in [-0.3, -0.25) is 4.90 Å². The van der Waals surface area contributed by atoms with Crippen molar-refractivity contribution in [3.8, 4) is 5.75 Å². The Labute approximate surface area is 144 Å². The number of nitrogens with zero attached hydrogens (tertiary/aromatic N) is 1. The Morgan fingerprint density at radius 1 is 1.17 bits per heavy atom. The fraction of sp³-hybridized carbons (Fsp3) is 0.429. The van der Waals surface area contributed by atoms with Gasteiger partial charge in [0.2, 0.25) is 0 Å². The van der Waals surface area contributed by atoms with Crippen LogP contribution >= 0.6 is 0 Å². The molecule has 0 unspecified atom stereocenters. The number of morpholine rings is 1. The van der Waals surface area contributed by atoms with Gasteiger partial charge in [0.05, 0.1) is 13.2 Å². The van der Waals surface area contributed by atoms with Crippen LogP contribution in [0.2, 0.25) is 0 Å². The molecule has 0 bridgehead atoms. The van der Waals surface area contributed by atoms with Gasteiger partial charge >= 0.3 is 0 Å². The maximum absolute atomic E-state index is 6.01. The number of ether oxygens (including phenoxy) is 2. The van der Waals surface area contributed by atoms with E-state index >= 15 is 0 Å². The summed E-state index contributed by atoms with van der Waals surface area (Å²) in [5, 5.41) is 0. The number of hydrogen-bond donors (Lipinski definition) is 0. The van der Waals surface area contributed by atoms with Crippen molar-refractivity contribution in [3.05, 3.63) is 59.2 Å². The summed E-state index contributed by atoms with van der Waals surface area (Å²) in [5.41, 5.74) is 5.73. The Morgan fingerprint density at radius 2 is 2.08 bits per heavy atom. The zero-order valence-electron chi connectivity index (χ0n) is 14.2. The molecule has 1 fully saturated rings. The highest BCUT2D eigenvalue weighted by Gasteiger charge is 2.19. The summed E-state index contributed by atoms with van der Waals surface area (Å²) in [6.45, 7) is 5.42. The standard InChI is InChI=1S/C21H25NO2/c1-2-7-20-17(4-1)8-9-21(20)18-5-3-6-19(16-18)24-15-12-22-10-13-23-14-11-22/h1,3-6,9,16H,2,7-8,10-15H2. The molecule has 1 aromatic rings. The summed E-state index contributed by atoms with van der Waals surface area (Å²) in [7, 11) is 0. The molecule has 4 rings (SSSR count). The van der Waals surface area contributed by atoms with E-state index in [2.05, 4.69) is 47.4 Å². The molecule has 2 aliphatic carbocycles. The molecule has 3 nitrogen and oxygen atoms in total. The van der Waals surface area contributed by atoms with Crippen molar-refractivity contribution in [2.75, 3.05) is 39.5 Å². The monoisotopic (exact) mass is 323 g/mol. The van der Waals surface area contributed by atoms with Crippen LogP contribution in [0.3, 0.4) is 0 Å². The Morgan fingerprint density at radius 3 is 3.00 bits per heavy atom. The highest BCUT2D eigenvalue weighted by atomic mass is 16.5. The third-order valence-electron chi connectivity index (χ3n) is 5.04. The van der Waals surface area contributed by atoms with Crippen molar-refractivity contribution >= 4 is 5.57 Å². The molecule has 126 valence electrons. The molecule has 0 saturated carbocycles. The Kier molecular flexibility index (Phi) is 4.81. The second-order valence-corrected chi connectivity index (χ2v) is 6.60. The number of allylic oxidation sites excluding steroid dienone is 6. The lowest BCUT2D eigenvalue weighted by molar-refractivity contribution is 0.0322. The topological polar surface area (TPSA) is 21.7 Å². The predicted molar refractivity (Wildman–Crippen MR) is 97.2 cm³/mol. The molecular formula is C21H25NO2. The van der Waals surface area contributed by atoms with Gasteiger partial charge in [-0.1, -0.05) is 30.4 Å². The van der Waals surface area contributed by atoms with Crippen molar-refractivity contribution in [2.45, 2.75) is 19.3 Å². The first-order valence-electron chi connectivity index (χ1n) is 9.02. The number of benzene rings is 1. The van der Waals surface area contributed by atoms with E-state index in [4.69, 9.17) is 9.47 Å². The Hall–Kier alpha value is -1.84. The van der Waals surface area contributed by atoms with Crippen LogP contribution in [0.4, 0.5) is 0 Å². The van der Waals surface area contributed by atoms with Crippen molar-refractivity contribution in [3.63, 3.8) is 0 Å². The van der Waals surface area contributed by atoms with Gasteiger partial charge in [0.15, 0.2) is 0 Å². The molecule has 0 radical (unpaired) electrons. The van der Waals surface area contributed by atoms with E-state index in [9.17, 15) is 0 Å². The molecule has 0 N–H and O–H groups in total. The van der Waals surface area contributed by atoms with Crippen molar-refractivity contribution in [1.29, 1.82) is 0 Å². The lowest BCUT2D eigenvalue weighted by Crippen LogP contribution is -2.38. The molecule has 0 aromatic heterocycles. The third-order valence-corrected chi connectivity index (χ3v) is 5.04. The molecule has 24 heavy (non-hydrogen) atoms. The SMILES string of the molecule is C1=CC2=C(CC1)C(c1cccc(OCCN3CCOCC3)c1)=CC2. The first kappa shape index (κ1) is 15.7. The molecule has 1 saturated heterocycles. The smallest absolute Gasteiger partial charge is 0.119 e. The fourth-order valence-electron chi connectivity index (χ4n) is 3.71. The van der Waals surface area contributed by atoms with Crippen LogP contribution in [0.25, 0.3) is 5.57 Å².